The van der Waals surface area contributed by atoms with Crippen molar-refractivity contribution in [2.45, 2.75) is 13.0 Å². The van der Waals surface area contributed by atoms with Crippen LogP contribution in [0.4, 0.5) is 5.69 Å². The Balaban J connectivity index is 1.85. The van der Waals surface area contributed by atoms with Gasteiger partial charge in [0.05, 0.1) is 18.7 Å². The van der Waals surface area contributed by atoms with Crippen LogP contribution in [-0.4, -0.2) is 41.3 Å². The van der Waals surface area contributed by atoms with Crippen LogP contribution in [-0.2, 0) is 14.4 Å². The molecule has 2 N–H and O–H groups in total. The van der Waals surface area contributed by atoms with Crippen molar-refractivity contribution in [1.82, 2.24) is 4.90 Å². The molecule has 0 spiro atoms. The van der Waals surface area contributed by atoms with Crippen molar-refractivity contribution >= 4 is 39.2 Å². The van der Waals surface area contributed by atoms with E-state index in [0.29, 0.717) is 17.0 Å². The smallest absolute Gasteiger partial charge is 0.290 e. The lowest BCUT2D eigenvalue weighted by molar-refractivity contribution is -0.133. The van der Waals surface area contributed by atoms with Crippen LogP contribution in [0.3, 0.4) is 0 Å². The van der Waals surface area contributed by atoms with Gasteiger partial charge in [-0.3, -0.25) is 14.4 Å². The summed E-state index contributed by atoms with van der Waals surface area (Å²) in [5, 5.41) is 13.0. The number of aliphatic hydroxyl groups excluding tert-OH is 1. The minimum absolute atomic E-state index is 0.0189. The second-order valence-electron chi connectivity index (χ2n) is 6.48. The minimum atomic E-state index is -0.838. The number of hydrogen-bond donors (Lipinski definition) is 2. The van der Waals surface area contributed by atoms with Gasteiger partial charge < -0.3 is 20.1 Å². The lowest BCUT2D eigenvalue weighted by atomic mass is 9.97. The van der Waals surface area contributed by atoms with Crippen molar-refractivity contribution in [3.63, 3.8) is 0 Å². The molecule has 0 fully saturated rings. The SMILES string of the molecule is COc1ccc(NC(=O)CN2C(=O)C(O)=C(C(C)=O)C2c2ccc(Br)cc2)cc1. The summed E-state index contributed by atoms with van der Waals surface area (Å²) in [4.78, 5) is 38.5. The van der Waals surface area contributed by atoms with E-state index in [4.69, 9.17) is 4.74 Å². The number of carbonyl (C=O) groups excluding carboxylic acids is 3. The number of methoxy groups -OCH3 is 1. The first-order chi connectivity index (χ1) is 13.8. The van der Waals surface area contributed by atoms with E-state index in [9.17, 15) is 19.5 Å². The average molecular weight is 459 g/mol. The van der Waals surface area contributed by atoms with Gasteiger partial charge in [0.1, 0.15) is 12.3 Å². The number of nitrogens with zero attached hydrogens (tertiary/aromatic N) is 1. The molecule has 1 heterocycles. The van der Waals surface area contributed by atoms with Gasteiger partial charge in [0.2, 0.25) is 5.91 Å². The third kappa shape index (κ3) is 4.32. The van der Waals surface area contributed by atoms with Gasteiger partial charge in [-0.05, 0) is 48.9 Å². The fourth-order valence-electron chi connectivity index (χ4n) is 3.20. The molecule has 0 radical (unpaired) electrons. The van der Waals surface area contributed by atoms with Gasteiger partial charge in [0, 0.05) is 10.2 Å². The zero-order chi connectivity index (χ0) is 21.1. The van der Waals surface area contributed by atoms with Gasteiger partial charge in [-0.15, -0.1) is 0 Å². The van der Waals surface area contributed by atoms with Crippen LogP contribution >= 0.6 is 15.9 Å². The molecule has 1 atom stereocenters. The Morgan fingerprint density at radius 3 is 2.31 bits per heavy atom. The summed E-state index contributed by atoms with van der Waals surface area (Å²) in [6, 6.07) is 12.9. The third-order valence-corrected chi connectivity index (χ3v) is 5.09. The topological polar surface area (TPSA) is 95.9 Å². The highest BCUT2D eigenvalue weighted by Gasteiger charge is 2.43. The molecule has 29 heavy (non-hydrogen) atoms. The molecule has 8 heteroatoms. The predicted molar refractivity (Wildman–Crippen MR) is 111 cm³/mol. The van der Waals surface area contributed by atoms with Crippen molar-refractivity contribution in [1.29, 1.82) is 0 Å². The molecule has 0 aliphatic carbocycles. The van der Waals surface area contributed by atoms with Crippen molar-refractivity contribution in [3.8, 4) is 5.75 Å². The molecule has 1 aliphatic rings. The maximum absolute atomic E-state index is 12.6. The maximum atomic E-state index is 12.6. The number of rotatable bonds is 6. The number of anilines is 1. The van der Waals surface area contributed by atoms with Gasteiger partial charge >= 0.3 is 0 Å². The average Bonchev–Trinajstić information content (AvgIpc) is 2.94. The molecule has 3 rings (SSSR count). The van der Waals surface area contributed by atoms with Gasteiger partial charge in [0.25, 0.3) is 5.91 Å². The molecule has 0 saturated heterocycles. The first kappa shape index (κ1) is 20.6. The summed E-state index contributed by atoms with van der Waals surface area (Å²) >= 11 is 3.34. The van der Waals surface area contributed by atoms with Crippen LogP contribution in [0.25, 0.3) is 0 Å². The summed E-state index contributed by atoms with van der Waals surface area (Å²) in [5.41, 5.74) is 1.13. The number of amides is 2. The largest absolute Gasteiger partial charge is 0.503 e. The zero-order valence-electron chi connectivity index (χ0n) is 15.8. The van der Waals surface area contributed by atoms with Gasteiger partial charge in [-0.25, -0.2) is 0 Å². The van der Waals surface area contributed by atoms with Crippen molar-refractivity contribution in [3.05, 3.63) is 69.9 Å². The molecule has 1 unspecified atom stereocenters. The van der Waals surface area contributed by atoms with Crippen molar-refractivity contribution in [2.24, 2.45) is 0 Å². The zero-order valence-corrected chi connectivity index (χ0v) is 17.4. The molecule has 2 aromatic rings. The number of benzene rings is 2. The van der Waals surface area contributed by atoms with Crippen LogP contribution < -0.4 is 10.1 Å². The number of carbonyl (C=O) groups is 3. The van der Waals surface area contributed by atoms with E-state index >= 15 is 0 Å². The standard InChI is InChI=1S/C21H19BrN2O5/c1-12(25)18-19(13-3-5-14(22)6-4-13)24(21(28)20(18)27)11-17(26)23-15-7-9-16(29-2)10-8-15/h3-10,19,27H,11H2,1-2H3,(H,23,26). The first-order valence-corrected chi connectivity index (χ1v) is 9.55. The van der Waals surface area contributed by atoms with Crippen LogP contribution in [0.15, 0.2) is 64.3 Å². The summed E-state index contributed by atoms with van der Waals surface area (Å²) in [5.74, 6) is -1.62. The molecule has 0 aromatic heterocycles. The van der Waals surface area contributed by atoms with Crippen LogP contribution in [0.1, 0.15) is 18.5 Å². The normalized spacial score (nSPS) is 16.2. The van der Waals surface area contributed by atoms with Gasteiger partial charge in [-0.1, -0.05) is 28.1 Å². The highest BCUT2D eigenvalue weighted by atomic mass is 79.9. The molecule has 2 amide bonds. The van der Waals surface area contributed by atoms with E-state index in [1.54, 1.807) is 55.6 Å². The van der Waals surface area contributed by atoms with E-state index in [1.165, 1.54) is 11.8 Å². The summed E-state index contributed by atoms with van der Waals surface area (Å²) < 4.78 is 5.90. The van der Waals surface area contributed by atoms with E-state index < -0.39 is 29.4 Å². The molecule has 7 nitrogen and oxygen atoms in total. The van der Waals surface area contributed by atoms with Crippen LogP contribution in [0.2, 0.25) is 0 Å². The monoisotopic (exact) mass is 458 g/mol. The molecule has 2 aromatic carbocycles. The van der Waals surface area contributed by atoms with Gasteiger partial charge in [-0.2, -0.15) is 0 Å². The lowest BCUT2D eigenvalue weighted by Gasteiger charge is -2.26. The first-order valence-electron chi connectivity index (χ1n) is 8.76. The fraction of sp³-hybridized carbons (Fsp3) is 0.190. The fourth-order valence-corrected chi connectivity index (χ4v) is 3.46. The molecule has 1 aliphatic heterocycles. The Kier molecular flexibility index (Phi) is 6.03. The Hall–Kier alpha value is -3.13. The molecule has 0 saturated carbocycles. The Labute approximate surface area is 176 Å². The van der Waals surface area contributed by atoms with Crippen molar-refractivity contribution < 1.29 is 24.2 Å². The summed E-state index contributed by atoms with van der Waals surface area (Å²) in [6.07, 6.45) is 0. The molecular formula is C21H19BrN2O5. The quantitative estimate of drug-likeness (QED) is 0.691. The predicted octanol–water partition coefficient (Wildman–Crippen LogP) is 3.38. The summed E-state index contributed by atoms with van der Waals surface area (Å²) in [7, 11) is 1.54. The molecular weight excluding hydrogens is 440 g/mol. The van der Waals surface area contributed by atoms with Crippen molar-refractivity contribution in [2.75, 3.05) is 19.0 Å². The number of aliphatic hydroxyl groups is 1. The highest BCUT2D eigenvalue weighted by molar-refractivity contribution is 9.10. The van der Waals surface area contributed by atoms with E-state index in [-0.39, 0.29) is 12.1 Å². The lowest BCUT2D eigenvalue weighted by Crippen LogP contribution is -2.37. The Bertz CT molecular complexity index is 983. The number of ketones is 1. The second kappa shape index (κ2) is 8.48. The van der Waals surface area contributed by atoms with Crippen LogP contribution in [0.5, 0.6) is 5.75 Å². The molecule has 150 valence electrons. The minimum Gasteiger partial charge on any atom is -0.503 e. The van der Waals surface area contributed by atoms with E-state index in [1.807, 2.05) is 0 Å². The number of Topliss-reactive ketones (excluding diaryl/α,β-unsaturated/α-hetero) is 1. The van der Waals surface area contributed by atoms with Gasteiger partial charge in [0.15, 0.2) is 11.5 Å². The third-order valence-electron chi connectivity index (χ3n) is 4.56. The maximum Gasteiger partial charge on any atom is 0.290 e. The number of halogens is 1. The number of hydrogen-bond acceptors (Lipinski definition) is 5. The Morgan fingerprint density at radius 1 is 1.14 bits per heavy atom. The Morgan fingerprint density at radius 2 is 1.76 bits per heavy atom. The van der Waals surface area contributed by atoms with E-state index in [2.05, 4.69) is 21.2 Å². The second-order valence-corrected chi connectivity index (χ2v) is 7.40. The highest BCUT2D eigenvalue weighted by Crippen LogP contribution is 2.37. The number of ether oxygens (including phenoxy) is 1. The van der Waals surface area contributed by atoms with Crippen LogP contribution in [0, 0.1) is 0 Å². The molecule has 0 bridgehead atoms. The number of nitrogens with one attached hydrogen (secondary N) is 1. The summed E-state index contributed by atoms with van der Waals surface area (Å²) in [6.45, 7) is 0.956. The van der Waals surface area contributed by atoms with E-state index in [0.717, 1.165) is 4.47 Å².